The molecule has 1 rings (SSSR count). The van der Waals surface area contributed by atoms with E-state index in [1.807, 2.05) is 50.3 Å². The van der Waals surface area contributed by atoms with Gasteiger partial charge in [0.2, 0.25) is 0 Å². The summed E-state index contributed by atoms with van der Waals surface area (Å²) in [6.07, 6.45) is 9.93. The molecule has 0 N–H and O–H groups in total. The standard InChI is InChI=1S/C18H19Br/c1-5-15-10-8-9-11-18(15)17(7-3)14(4)12-13-16(19)6-2/h5-13H,3-4H2,1-2H3/b13-12-,15-5-,16-6+,18-17+. The maximum absolute atomic E-state index is 4.13. The molecule has 0 aliphatic heterocycles. The van der Waals surface area contributed by atoms with Crippen molar-refractivity contribution in [3.63, 3.8) is 0 Å². The van der Waals surface area contributed by atoms with Crippen molar-refractivity contribution in [2.24, 2.45) is 0 Å². The van der Waals surface area contributed by atoms with Crippen LogP contribution < -0.4 is 10.4 Å². The maximum atomic E-state index is 4.13. The van der Waals surface area contributed by atoms with Gasteiger partial charge in [-0.3, -0.25) is 0 Å². The first-order valence-electron chi connectivity index (χ1n) is 6.21. The van der Waals surface area contributed by atoms with Crippen LogP contribution in [0.25, 0.3) is 11.6 Å². The SMILES string of the molecule is C=C/C(C(=C)/C=C\C(Br)=C/C)=c1/cccc/c1=C/C. The van der Waals surface area contributed by atoms with Crippen molar-refractivity contribution in [3.8, 4) is 0 Å². The molecule has 0 amide bonds. The first kappa shape index (κ1) is 15.5. The molecule has 0 bridgehead atoms. The van der Waals surface area contributed by atoms with Gasteiger partial charge < -0.3 is 0 Å². The fourth-order valence-electron chi connectivity index (χ4n) is 1.77. The van der Waals surface area contributed by atoms with Gasteiger partial charge in [-0.2, -0.15) is 0 Å². The van der Waals surface area contributed by atoms with Crippen LogP contribution in [0.1, 0.15) is 13.8 Å². The van der Waals surface area contributed by atoms with E-state index in [0.717, 1.165) is 20.8 Å². The third kappa shape index (κ3) is 4.22. The van der Waals surface area contributed by atoms with Crippen LogP contribution in [0.4, 0.5) is 0 Å². The Morgan fingerprint density at radius 1 is 1.16 bits per heavy atom. The van der Waals surface area contributed by atoms with Crippen LogP contribution in [-0.4, -0.2) is 0 Å². The Morgan fingerprint density at radius 3 is 2.42 bits per heavy atom. The zero-order chi connectivity index (χ0) is 14.3. The lowest BCUT2D eigenvalue weighted by Crippen LogP contribution is -2.26. The smallest absolute Gasteiger partial charge is 0.0132 e. The number of halogens is 1. The molecule has 1 heteroatoms. The monoisotopic (exact) mass is 314 g/mol. The van der Waals surface area contributed by atoms with Crippen LogP contribution in [-0.2, 0) is 0 Å². The van der Waals surface area contributed by atoms with Crippen molar-refractivity contribution >= 4 is 27.6 Å². The Hall–Kier alpha value is -1.60. The molecule has 0 heterocycles. The normalized spacial score (nSPS) is 14.7. The van der Waals surface area contributed by atoms with Crippen LogP contribution in [0.5, 0.6) is 0 Å². The zero-order valence-corrected chi connectivity index (χ0v) is 13.1. The molecule has 0 saturated carbocycles. The van der Waals surface area contributed by atoms with Crippen molar-refractivity contribution < 1.29 is 0 Å². The largest absolute Gasteiger partial charge is 0.0984 e. The van der Waals surface area contributed by atoms with Crippen molar-refractivity contribution in [2.45, 2.75) is 13.8 Å². The molecule has 0 aromatic heterocycles. The number of benzene rings is 1. The van der Waals surface area contributed by atoms with Crippen molar-refractivity contribution in [2.75, 3.05) is 0 Å². The third-order valence-electron chi connectivity index (χ3n) is 2.83. The van der Waals surface area contributed by atoms with Gasteiger partial charge in [-0.1, -0.05) is 77.7 Å². The van der Waals surface area contributed by atoms with Gasteiger partial charge in [-0.25, -0.2) is 0 Å². The Labute approximate surface area is 124 Å². The molecular weight excluding hydrogens is 296 g/mol. The van der Waals surface area contributed by atoms with Crippen LogP contribution >= 0.6 is 15.9 Å². The predicted octanol–water partition coefficient (Wildman–Crippen LogP) is 4.23. The molecule has 0 spiro atoms. The fraction of sp³-hybridized carbons (Fsp3) is 0.111. The maximum Gasteiger partial charge on any atom is 0.0132 e. The summed E-state index contributed by atoms with van der Waals surface area (Å²) in [5, 5.41) is 2.35. The molecule has 19 heavy (non-hydrogen) atoms. The summed E-state index contributed by atoms with van der Waals surface area (Å²) in [7, 11) is 0. The molecule has 0 fully saturated rings. The summed E-state index contributed by atoms with van der Waals surface area (Å²) in [6.45, 7) is 12.1. The second-order valence-corrected chi connectivity index (χ2v) is 4.94. The highest BCUT2D eigenvalue weighted by Crippen LogP contribution is 2.13. The zero-order valence-electron chi connectivity index (χ0n) is 11.5. The van der Waals surface area contributed by atoms with Gasteiger partial charge in [0.15, 0.2) is 0 Å². The van der Waals surface area contributed by atoms with Gasteiger partial charge in [0, 0.05) is 4.48 Å². The second kappa shape index (κ2) is 7.75. The van der Waals surface area contributed by atoms with E-state index in [1.54, 1.807) is 0 Å². The minimum atomic E-state index is 0.947. The van der Waals surface area contributed by atoms with Gasteiger partial charge in [0.05, 0.1) is 0 Å². The highest BCUT2D eigenvalue weighted by molar-refractivity contribution is 9.11. The van der Waals surface area contributed by atoms with Crippen LogP contribution in [0.2, 0.25) is 0 Å². The summed E-state index contributed by atoms with van der Waals surface area (Å²) in [6, 6.07) is 8.26. The minimum absolute atomic E-state index is 0.947. The minimum Gasteiger partial charge on any atom is -0.0984 e. The van der Waals surface area contributed by atoms with Crippen LogP contribution in [0, 0.1) is 0 Å². The summed E-state index contributed by atoms with van der Waals surface area (Å²) >= 11 is 3.45. The summed E-state index contributed by atoms with van der Waals surface area (Å²) in [5.41, 5.74) is 2.00. The number of allylic oxidation sites excluding steroid dienone is 6. The van der Waals surface area contributed by atoms with Crippen LogP contribution in [0.3, 0.4) is 0 Å². The van der Waals surface area contributed by atoms with E-state index in [-0.39, 0.29) is 0 Å². The van der Waals surface area contributed by atoms with E-state index in [4.69, 9.17) is 0 Å². The lowest BCUT2D eigenvalue weighted by atomic mass is 10.0. The van der Waals surface area contributed by atoms with E-state index in [1.165, 1.54) is 5.22 Å². The Bertz CT molecular complexity index is 643. The molecule has 0 atom stereocenters. The molecule has 1 aromatic rings. The first-order chi connectivity index (χ1) is 9.13. The lowest BCUT2D eigenvalue weighted by Gasteiger charge is -2.03. The number of rotatable bonds is 4. The quantitative estimate of drug-likeness (QED) is 0.729. The summed E-state index contributed by atoms with van der Waals surface area (Å²) in [5.74, 6) is 0. The number of hydrogen-bond acceptors (Lipinski definition) is 0. The van der Waals surface area contributed by atoms with Gasteiger partial charge in [0.1, 0.15) is 0 Å². The van der Waals surface area contributed by atoms with Gasteiger partial charge in [0.25, 0.3) is 0 Å². The molecule has 0 aliphatic carbocycles. The average Bonchev–Trinajstić information content (AvgIpc) is 2.46. The van der Waals surface area contributed by atoms with Gasteiger partial charge >= 0.3 is 0 Å². The molecular formula is C18H19Br. The van der Waals surface area contributed by atoms with Crippen molar-refractivity contribution in [1.29, 1.82) is 0 Å². The Morgan fingerprint density at radius 2 is 1.84 bits per heavy atom. The van der Waals surface area contributed by atoms with Gasteiger partial charge in [-0.05, 0) is 41.5 Å². The summed E-state index contributed by atoms with van der Waals surface area (Å²) < 4.78 is 1.03. The van der Waals surface area contributed by atoms with Crippen LogP contribution in [0.15, 0.2) is 71.8 Å². The summed E-state index contributed by atoms with van der Waals surface area (Å²) in [4.78, 5) is 0. The molecule has 0 radical (unpaired) electrons. The lowest BCUT2D eigenvalue weighted by molar-refractivity contribution is 1.48. The van der Waals surface area contributed by atoms with Crippen molar-refractivity contribution in [3.05, 3.63) is 82.2 Å². The third-order valence-corrected chi connectivity index (χ3v) is 3.55. The number of hydrogen-bond donors (Lipinski definition) is 0. The predicted molar refractivity (Wildman–Crippen MR) is 90.4 cm³/mol. The topological polar surface area (TPSA) is 0 Å². The van der Waals surface area contributed by atoms with E-state index < -0.39 is 0 Å². The van der Waals surface area contributed by atoms with E-state index in [2.05, 4.69) is 47.3 Å². The highest BCUT2D eigenvalue weighted by atomic mass is 79.9. The molecule has 98 valence electrons. The molecule has 0 unspecified atom stereocenters. The Kier molecular flexibility index (Phi) is 6.31. The highest BCUT2D eigenvalue weighted by Gasteiger charge is 1.97. The van der Waals surface area contributed by atoms with E-state index in [0.29, 0.717) is 0 Å². The molecule has 0 nitrogen and oxygen atoms in total. The fourth-order valence-corrected chi connectivity index (χ4v) is 1.91. The molecule has 0 aliphatic rings. The molecule has 1 aromatic carbocycles. The second-order valence-electron chi connectivity index (χ2n) is 4.03. The van der Waals surface area contributed by atoms with Gasteiger partial charge in [-0.15, -0.1) is 0 Å². The average molecular weight is 315 g/mol. The first-order valence-corrected chi connectivity index (χ1v) is 7.00. The van der Waals surface area contributed by atoms with E-state index >= 15 is 0 Å². The van der Waals surface area contributed by atoms with E-state index in [9.17, 15) is 0 Å². The Balaban J connectivity index is 3.40. The van der Waals surface area contributed by atoms with Crippen molar-refractivity contribution in [1.82, 2.24) is 0 Å². The molecule has 0 saturated heterocycles.